The molecule has 2 aromatic heterocycles. The number of aliphatic carboxylic acids is 1. The van der Waals surface area contributed by atoms with E-state index in [2.05, 4.69) is 20.2 Å². The Balaban J connectivity index is 0.995. The second kappa shape index (κ2) is 15.3. The van der Waals surface area contributed by atoms with Crippen molar-refractivity contribution < 1.29 is 23.8 Å². The third-order valence-corrected chi connectivity index (χ3v) is 11.7. The van der Waals surface area contributed by atoms with Crippen LogP contribution in [0.3, 0.4) is 0 Å². The third kappa shape index (κ3) is 7.61. The van der Waals surface area contributed by atoms with Crippen LogP contribution in [-0.4, -0.2) is 75.1 Å². The number of piperidine rings is 1. The first kappa shape index (κ1) is 35.8. The van der Waals surface area contributed by atoms with Gasteiger partial charge in [0.1, 0.15) is 17.6 Å². The zero-order valence-electron chi connectivity index (χ0n) is 29.2. The van der Waals surface area contributed by atoms with Crippen LogP contribution in [-0.2, 0) is 29.0 Å². The Morgan fingerprint density at radius 2 is 1.72 bits per heavy atom. The smallest absolute Gasteiger partial charge is 0.320 e. The highest BCUT2D eigenvalue weighted by Gasteiger charge is 2.33. The summed E-state index contributed by atoms with van der Waals surface area (Å²) in [5, 5.41) is 13.3. The lowest BCUT2D eigenvalue weighted by atomic mass is 9.98. The number of halogens is 3. The molecule has 0 unspecified atom stereocenters. The number of aromatic nitrogens is 2. The number of amides is 1. The van der Waals surface area contributed by atoms with E-state index in [0.717, 1.165) is 87.2 Å². The summed E-state index contributed by atoms with van der Waals surface area (Å²) in [6.07, 6.45) is 10.2. The summed E-state index contributed by atoms with van der Waals surface area (Å²) in [6, 6.07) is 14.2. The molecule has 0 radical (unpaired) electrons. The van der Waals surface area contributed by atoms with E-state index >= 15 is 4.39 Å². The Labute approximate surface area is 317 Å². The molecule has 0 bridgehead atoms. The number of carbonyl (C=O) groups excluding carboxylic acids is 1. The molecule has 1 aliphatic carbocycles. The highest BCUT2D eigenvalue weighted by Crippen LogP contribution is 2.43. The van der Waals surface area contributed by atoms with Gasteiger partial charge >= 0.3 is 5.97 Å². The predicted molar refractivity (Wildman–Crippen MR) is 204 cm³/mol. The Bertz CT molecular complexity index is 2100. The largest absolute Gasteiger partial charge is 0.480 e. The molecule has 0 spiro atoms. The molecule has 3 aliphatic heterocycles. The molecule has 2 aromatic carbocycles. The van der Waals surface area contributed by atoms with Crippen molar-refractivity contribution in [2.75, 3.05) is 31.6 Å². The summed E-state index contributed by atoms with van der Waals surface area (Å²) in [5.41, 5.74) is 6.75. The number of nitrogens with one attached hydrogen (secondary N) is 1. The molecular formula is C41H40Cl2FN5O4. The van der Waals surface area contributed by atoms with Crippen LogP contribution >= 0.6 is 23.2 Å². The van der Waals surface area contributed by atoms with Crippen molar-refractivity contribution in [1.82, 2.24) is 19.8 Å². The Hall–Kier alpha value is -4.19. The predicted octanol–water partition coefficient (Wildman–Crippen LogP) is 8.24. The molecule has 274 valence electrons. The minimum absolute atomic E-state index is 0.257. The molecule has 53 heavy (non-hydrogen) atoms. The van der Waals surface area contributed by atoms with Crippen molar-refractivity contribution in [3.63, 3.8) is 0 Å². The lowest BCUT2D eigenvalue weighted by Crippen LogP contribution is -2.50. The summed E-state index contributed by atoms with van der Waals surface area (Å²) < 4.78 is 21.1. The van der Waals surface area contributed by atoms with Gasteiger partial charge in [-0.15, -0.1) is 0 Å². The molecule has 1 saturated carbocycles. The number of carboxylic acid groups (broad SMARTS) is 1. The number of likely N-dealkylation sites (tertiary alicyclic amines) is 1. The molecule has 4 aromatic rings. The molecule has 9 nitrogen and oxygen atoms in total. The molecule has 4 aliphatic rings. The van der Waals surface area contributed by atoms with Gasteiger partial charge in [-0.1, -0.05) is 60.0 Å². The van der Waals surface area contributed by atoms with E-state index in [-0.39, 0.29) is 16.4 Å². The molecule has 2 N–H and O–H groups in total. The minimum atomic E-state index is -0.799. The highest BCUT2D eigenvalue weighted by molar-refractivity contribution is 6.39. The average molecular weight is 757 g/mol. The lowest BCUT2D eigenvalue weighted by molar-refractivity contribution is -0.144. The number of pyridine rings is 2. The Morgan fingerprint density at radius 3 is 2.47 bits per heavy atom. The molecule has 2 saturated heterocycles. The Kier molecular flexibility index (Phi) is 10.3. The van der Waals surface area contributed by atoms with Crippen LogP contribution in [0.15, 0.2) is 60.9 Å². The maximum Gasteiger partial charge on any atom is 0.320 e. The quantitative estimate of drug-likeness (QED) is 0.167. The second-order valence-electron chi connectivity index (χ2n) is 14.4. The molecule has 12 heteroatoms. The number of ether oxygens (including phenoxy) is 1. The van der Waals surface area contributed by atoms with Crippen LogP contribution in [0.1, 0.15) is 82.0 Å². The highest BCUT2D eigenvalue weighted by atomic mass is 35.5. The number of carboxylic acids is 1. The van der Waals surface area contributed by atoms with Crippen LogP contribution in [0.5, 0.6) is 0 Å². The summed E-state index contributed by atoms with van der Waals surface area (Å²) >= 11 is 13.8. The SMILES string of the molecule is O=C(Nc1cccc(-c2cccc(/C=C(\F)c3cc4c(cn3)CN(C3COC3)CC4)c2Cl)c1Cl)c1cc(C2CC2)c(CN2CCCC[C@H]2C(=O)O)cn1. The maximum atomic E-state index is 15.7. The monoisotopic (exact) mass is 755 g/mol. The van der Waals surface area contributed by atoms with E-state index in [1.165, 1.54) is 6.08 Å². The van der Waals surface area contributed by atoms with Gasteiger partial charge in [-0.2, -0.15) is 0 Å². The van der Waals surface area contributed by atoms with E-state index in [1.54, 1.807) is 48.8 Å². The minimum Gasteiger partial charge on any atom is -0.480 e. The van der Waals surface area contributed by atoms with E-state index in [1.807, 2.05) is 17.0 Å². The number of carbonyl (C=O) groups is 2. The van der Waals surface area contributed by atoms with Gasteiger partial charge in [-0.25, -0.2) is 4.39 Å². The van der Waals surface area contributed by atoms with Gasteiger partial charge in [0.15, 0.2) is 0 Å². The number of rotatable bonds is 10. The summed E-state index contributed by atoms with van der Waals surface area (Å²) in [5.74, 6) is -1.37. The first-order chi connectivity index (χ1) is 25.7. The lowest BCUT2D eigenvalue weighted by Gasteiger charge is -2.39. The number of anilines is 1. The molecule has 1 amide bonds. The normalized spacial score (nSPS) is 19.8. The zero-order chi connectivity index (χ0) is 36.6. The fourth-order valence-electron chi connectivity index (χ4n) is 7.65. The van der Waals surface area contributed by atoms with Gasteiger partial charge in [-0.3, -0.25) is 29.4 Å². The molecule has 3 fully saturated rings. The fourth-order valence-corrected chi connectivity index (χ4v) is 8.21. The first-order valence-corrected chi connectivity index (χ1v) is 19.0. The van der Waals surface area contributed by atoms with Gasteiger partial charge < -0.3 is 15.2 Å². The average Bonchev–Trinajstić information content (AvgIpc) is 3.99. The van der Waals surface area contributed by atoms with Crippen molar-refractivity contribution in [3.8, 4) is 11.1 Å². The van der Waals surface area contributed by atoms with Gasteiger partial charge in [0, 0.05) is 43.2 Å². The maximum absolute atomic E-state index is 15.7. The van der Waals surface area contributed by atoms with Crippen molar-refractivity contribution in [2.45, 2.75) is 69.6 Å². The summed E-state index contributed by atoms with van der Waals surface area (Å²) in [7, 11) is 0. The van der Waals surface area contributed by atoms with Crippen LogP contribution < -0.4 is 5.32 Å². The molecule has 5 heterocycles. The van der Waals surface area contributed by atoms with Crippen LogP contribution in [0.2, 0.25) is 10.0 Å². The number of fused-ring (bicyclic) bond motifs is 1. The molecule has 8 rings (SSSR count). The van der Waals surface area contributed by atoms with Crippen molar-refractivity contribution >= 4 is 52.7 Å². The number of hydrogen-bond donors (Lipinski definition) is 2. The zero-order valence-corrected chi connectivity index (χ0v) is 30.7. The van der Waals surface area contributed by atoms with Gasteiger partial charge in [-0.05, 0) is 96.7 Å². The van der Waals surface area contributed by atoms with Gasteiger partial charge in [0.25, 0.3) is 5.91 Å². The molecular weight excluding hydrogens is 716 g/mol. The van der Waals surface area contributed by atoms with Crippen molar-refractivity contribution in [3.05, 3.63) is 110 Å². The first-order valence-electron chi connectivity index (χ1n) is 18.2. The Morgan fingerprint density at radius 1 is 0.943 bits per heavy atom. The topological polar surface area (TPSA) is 108 Å². The van der Waals surface area contributed by atoms with Crippen molar-refractivity contribution in [1.29, 1.82) is 0 Å². The van der Waals surface area contributed by atoms with E-state index in [4.69, 9.17) is 27.9 Å². The third-order valence-electron chi connectivity index (χ3n) is 10.9. The number of benzene rings is 2. The van der Waals surface area contributed by atoms with Crippen LogP contribution in [0, 0.1) is 0 Å². The molecule has 1 atom stereocenters. The summed E-state index contributed by atoms with van der Waals surface area (Å²) in [6.45, 7) is 4.42. The van der Waals surface area contributed by atoms with E-state index in [9.17, 15) is 14.7 Å². The standard InChI is InChI=1S/C41H40Cl2FN5O4/c42-38-26(15-33(44)35-16-25-12-14-48(29-22-53-23-29)20-27(25)18-45-35)5-3-6-30(38)31-7-4-8-34(39(31)43)47-40(50)36-17-32(24-10-11-24)28(19-46-36)21-49-13-2-1-9-37(49)41(51)52/h3-8,15-19,24,29,37H,1-2,9-14,20-23H2,(H,47,50)(H,51,52)/b33-15-/t37-/m0/s1. The van der Waals surface area contributed by atoms with Crippen LogP contribution in [0.4, 0.5) is 10.1 Å². The van der Waals surface area contributed by atoms with E-state index < -0.39 is 23.7 Å². The van der Waals surface area contributed by atoms with E-state index in [0.29, 0.717) is 52.3 Å². The fraction of sp³-hybridized carbons (Fsp3) is 0.366. The summed E-state index contributed by atoms with van der Waals surface area (Å²) in [4.78, 5) is 38.8. The van der Waals surface area contributed by atoms with Crippen molar-refractivity contribution in [2.24, 2.45) is 0 Å². The number of hydrogen-bond acceptors (Lipinski definition) is 7. The van der Waals surface area contributed by atoms with Crippen LogP contribution in [0.25, 0.3) is 23.0 Å². The van der Waals surface area contributed by atoms with Gasteiger partial charge in [0.05, 0.1) is 40.7 Å². The number of nitrogens with zero attached hydrogens (tertiary/aromatic N) is 4. The van der Waals surface area contributed by atoms with Gasteiger partial charge in [0.2, 0.25) is 0 Å². The second-order valence-corrected chi connectivity index (χ2v) is 15.2.